The third-order valence-corrected chi connectivity index (χ3v) is 9.92. The molecule has 4 aromatic carbocycles. The van der Waals surface area contributed by atoms with Gasteiger partial charge in [-0.2, -0.15) is 52.1 Å². The van der Waals surface area contributed by atoms with Crippen LogP contribution >= 0.6 is 0 Å². The minimum Gasteiger partial charge on any atom is -1.00 e. The molecule has 0 aromatic heterocycles. The van der Waals surface area contributed by atoms with Gasteiger partial charge < -0.3 is 24.8 Å². The maximum Gasteiger partial charge on any atom is -0.0540 e. The zero-order valence-corrected chi connectivity index (χ0v) is 36.3. The summed E-state index contributed by atoms with van der Waals surface area (Å²) in [6.07, 6.45) is 3.34. The molecule has 5 rings (SSSR count). The first-order valence-electron chi connectivity index (χ1n) is 17.3. The van der Waals surface area contributed by atoms with Crippen molar-refractivity contribution in [3.8, 4) is 11.1 Å². The van der Waals surface area contributed by atoms with Crippen molar-refractivity contribution in [1.29, 1.82) is 0 Å². The largest absolute Gasteiger partial charge is 1.00 e. The van der Waals surface area contributed by atoms with Crippen molar-refractivity contribution in [1.82, 2.24) is 0 Å². The molecule has 0 N–H and O–H groups in total. The Labute approximate surface area is 322 Å². The van der Waals surface area contributed by atoms with Gasteiger partial charge in [-0.3, -0.25) is 0 Å². The Morgan fingerprint density at radius 3 is 1.60 bits per heavy atom. The van der Waals surface area contributed by atoms with E-state index >= 15 is 0 Å². The Kier molecular flexibility index (Phi) is 16.2. The van der Waals surface area contributed by atoms with Gasteiger partial charge in [0, 0.05) is 0 Å². The zero-order valence-electron chi connectivity index (χ0n) is 32.3. The van der Waals surface area contributed by atoms with Crippen molar-refractivity contribution in [2.24, 2.45) is 0 Å². The number of rotatable bonds is 3. The summed E-state index contributed by atoms with van der Waals surface area (Å²) in [4.78, 5) is 0. The fraction of sp³-hybridized carbons (Fsp3) is 0.467. The van der Waals surface area contributed by atoms with Gasteiger partial charge in [-0.05, 0) is 17.4 Å². The second-order valence-corrected chi connectivity index (χ2v) is 17.8. The molecule has 260 valence electrons. The van der Waals surface area contributed by atoms with Crippen LogP contribution in [0, 0.1) is 6.07 Å². The van der Waals surface area contributed by atoms with E-state index in [9.17, 15) is 0 Å². The van der Waals surface area contributed by atoms with E-state index in [0.717, 1.165) is 19.3 Å². The summed E-state index contributed by atoms with van der Waals surface area (Å²) in [5.74, 6) is 0. The smallest absolute Gasteiger partial charge is 0.0540 e. The molecule has 0 saturated heterocycles. The minimum atomic E-state index is 0. The fourth-order valence-electron chi connectivity index (χ4n) is 5.88. The summed E-state index contributed by atoms with van der Waals surface area (Å²) in [6.45, 7) is 31.7. The van der Waals surface area contributed by atoms with Gasteiger partial charge in [0.1, 0.15) is 0 Å². The second kappa shape index (κ2) is 17.5. The standard InChI is InChI=1S/C21H25.C13H21.C11H14.2ClH.Zr/c1-20(2,3)16-9-7-14-11-15-8-10-17(21(4,5)6)13-19(15)18(14)12-16;1-6-10-8-11(7-2)12(9-10)13(3,4)5;1-9-5-7-10(8-6-9)11(2,3)4;;;/h7,9-10,12-13H,11H2,1-6H3;8-9H,6-7H2,1-5H3;1,5-8H,2-4H3;2*1H;/q2*-1;;;;+2/p-2. The first-order chi connectivity index (χ1) is 21.2. The van der Waals surface area contributed by atoms with Crippen LogP contribution in [-0.4, -0.2) is 3.71 Å². The summed E-state index contributed by atoms with van der Waals surface area (Å²) in [6, 6.07) is 28.6. The van der Waals surface area contributed by atoms with Crippen LogP contribution in [0.3, 0.4) is 0 Å². The van der Waals surface area contributed by atoms with Gasteiger partial charge >= 0.3 is 89.5 Å². The van der Waals surface area contributed by atoms with Crippen molar-refractivity contribution < 1.29 is 49.0 Å². The van der Waals surface area contributed by atoms with Gasteiger partial charge in [0.2, 0.25) is 0 Å². The van der Waals surface area contributed by atoms with Gasteiger partial charge in [0.25, 0.3) is 0 Å². The van der Waals surface area contributed by atoms with E-state index in [0.29, 0.717) is 5.41 Å². The quantitative estimate of drug-likeness (QED) is 0.193. The predicted molar refractivity (Wildman–Crippen MR) is 201 cm³/mol. The molecule has 0 heterocycles. The Morgan fingerprint density at radius 1 is 0.646 bits per heavy atom. The Morgan fingerprint density at radius 2 is 1.17 bits per heavy atom. The molecule has 0 saturated carbocycles. The number of aryl methyl sites for hydroxylation is 2. The molecule has 0 spiro atoms. The van der Waals surface area contributed by atoms with E-state index < -0.39 is 0 Å². The van der Waals surface area contributed by atoms with Crippen LogP contribution in [0.2, 0.25) is 0 Å². The number of hydrogen-bond acceptors (Lipinski definition) is 0. The first kappa shape index (κ1) is 44.4. The summed E-state index contributed by atoms with van der Waals surface area (Å²) in [5.41, 5.74) is 16.6. The topological polar surface area (TPSA) is 0 Å². The Hall–Kier alpha value is -1.66. The fourth-order valence-corrected chi connectivity index (χ4v) is 6.35. The van der Waals surface area contributed by atoms with Crippen LogP contribution in [-0.2, 0) is 65.2 Å². The average molecular weight is 763 g/mol. The molecular weight excluding hydrogens is 703 g/mol. The van der Waals surface area contributed by atoms with Gasteiger partial charge in [0.05, 0.1) is 0 Å². The van der Waals surface area contributed by atoms with E-state index in [1.165, 1.54) is 85.4 Å². The van der Waals surface area contributed by atoms with Crippen molar-refractivity contribution in [3.63, 3.8) is 0 Å². The van der Waals surface area contributed by atoms with Crippen LogP contribution in [0.1, 0.15) is 147 Å². The summed E-state index contributed by atoms with van der Waals surface area (Å²) in [7, 11) is 0. The molecule has 1 aliphatic rings. The number of halogens is 2. The van der Waals surface area contributed by atoms with Crippen LogP contribution < -0.4 is 24.8 Å². The van der Waals surface area contributed by atoms with Crippen LogP contribution in [0.15, 0.2) is 66.7 Å². The molecule has 0 radical (unpaired) electrons. The maximum absolute atomic E-state index is 3.53. The molecule has 0 fully saturated rings. The van der Waals surface area contributed by atoms with E-state index in [-0.39, 0.29) is 41.1 Å². The third-order valence-electron chi connectivity index (χ3n) is 9.10. The Balaban J connectivity index is 0.000000374. The molecule has 0 amide bonds. The normalized spacial score (nSPS) is 12.2. The summed E-state index contributed by atoms with van der Waals surface area (Å²) in [5, 5.41) is 0. The second-order valence-electron chi connectivity index (χ2n) is 17.1. The van der Waals surface area contributed by atoms with Gasteiger partial charge in [-0.25, -0.2) is 6.07 Å². The molecule has 0 aliphatic heterocycles. The molecule has 0 bridgehead atoms. The molecule has 4 aromatic rings. The van der Waals surface area contributed by atoms with Gasteiger partial charge in [-0.15, -0.1) is 5.56 Å². The summed E-state index contributed by atoms with van der Waals surface area (Å²) >= 11 is 1.46. The molecule has 48 heavy (non-hydrogen) atoms. The van der Waals surface area contributed by atoms with E-state index in [2.05, 4.69) is 173 Å². The number of fused-ring (bicyclic) bond motifs is 3. The maximum atomic E-state index is 3.53. The predicted octanol–water partition coefficient (Wildman–Crippen LogP) is 6.17. The van der Waals surface area contributed by atoms with Crippen LogP contribution in [0.5, 0.6) is 0 Å². The first-order valence-corrected chi connectivity index (χ1v) is 18.7. The van der Waals surface area contributed by atoms with Crippen molar-refractivity contribution in [2.75, 3.05) is 0 Å². The molecule has 3 heteroatoms. The zero-order chi connectivity index (χ0) is 34.7. The SMILES string of the molecule is CC(C)(C)c1c[c-]c2c(c1)-c1cc(C(C)(C)C)ccc1C2.CC(C)(C)c1ccc([CH]=[Zr+2])cc1.CCc1cc(C(C)(C)C)c(CC)[cH-]1.[Cl-].[Cl-]. The van der Waals surface area contributed by atoms with Crippen molar-refractivity contribution in [2.45, 2.75) is 138 Å². The van der Waals surface area contributed by atoms with E-state index in [1.807, 2.05) is 0 Å². The van der Waals surface area contributed by atoms with Gasteiger partial charge in [-0.1, -0.05) is 129 Å². The minimum absolute atomic E-state index is 0. The molecule has 0 nitrogen and oxygen atoms in total. The molecule has 0 atom stereocenters. The third kappa shape index (κ3) is 11.7. The molecule has 0 unspecified atom stereocenters. The van der Waals surface area contributed by atoms with Crippen LogP contribution in [0.4, 0.5) is 0 Å². The Bertz CT molecular complexity index is 1550. The molecular formula is C45H60Cl2Zr-2. The van der Waals surface area contributed by atoms with E-state index in [4.69, 9.17) is 0 Å². The van der Waals surface area contributed by atoms with Gasteiger partial charge in [0.15, 0.2) is 0 Å². The molecule has 1 aliphatic carbocycles. The monoisotopic (exact) mass is 760 g/mol. The van der Waals surface area contributed by atoms with Crippen molar-refractivity contribution in [3.05, 3.63) is 123 Å². The van der Waals surface area contributed by atoms with Crippen molar-refractivity contribution >= 4 is 3.71 Å². The number of hydrogen-bond donors (Lipinski definition) is 0. The number of benzene rings is 3. The van der Waals surface area contributed by atoms with Crippen LogP contribution in [0.25, 0.3) is 11.1 Å². The average Bonchev–Trinajstić information content (AvgIpc) is 3.57. The van der Waals surface area contributed by atoms with E-state index in [1.54, 1.807) is 0 Å². The summed E-state index contributed by atoms with van der Waals surface area (Å²) < 4.78 is 2.21.